The maximum Gasteiger partial charge on any atom is 0.255 e. The van der Waals surface area contributed by atoms with Gasteiger partial charge in [0.15, 0.2) is 0 Å². The average molecular weight is 413 g/mol. The van der Waals surface area contributed by atoms with Crippen LogP contribution in [0.25, 0.3) is 0 Å². The highest BCUT2D eigenvalue weighted by Crippen LogP contribution is 2.25. The first kappa shape index (κ1) is 19.9. The zero-order valence-corrected chi connectivity index (χ0v) is 16.6. The predicted octanol–water partition coefficient (Wildman–Crippen LogP) is 5.74. The molecule has 3 aromatic rings. The summed E-state index contributed by atoms with van der Waals surface area (Å²) in [4.78, 5) is 24.8. The van der Waals surface area contributed by atoms with Crippen molar-refractivity contribution in [3.05, 3.63) is 93.5 Å². The monoisotopic (exact) mass is 412 g/mol. The lowest BCUT2D eigenvalue weighted by molar-refractivity contribution is -0.115. The molecule has 0 saturated heterocycles. The van der Waals surface area contributed by atoms with Crippen LogP contribution in [0, 0.1) is 6.92 Å². The smallest absolute Gasteiger partial charge is 0.255 e. The van der Waals surface area contributed by atoms with E-state index >= 15 is 0 Å². The first-order chi connectivity index (χ1) is 13.4. The summed E-state index contributed by atoms with van der Waals surface area (Å²) in [6.07, 6.45) is 0.164. The molecule has 0 fully saturated rings. The van der Waals surface area contributed by atoms with Crippen LogP contribution in [0.3, 0.4) is 0 Å². The number of amides is 2. The second kappa shape index (κ2) is 8.91. The van der Waals surface area contributed by atoms with Gasteiger partial charge in [-0.3, -0.25) is 9.59 Å². The van der Waals surface area contributed by atoms with Gasteiger partial charge in [0.2, 0.25) is 5.91 Å². The summed E-state index contributed by atoms with van der Waals surface area (Å²) in [5.74, 6) is -0.393. The second-order valence-corrected chi connectivity index (χ2v) is 7.09. The summed E-state index contributed by atoms with van der Waals surface area (Å²) < 4.78 is 0. The van der Waals surface area contributed by atoms with Crippen molar-refractivity contribution in [2.75, 3.05) is 10.6 Å². The van der Waals surface area contributed by atoms with Crippen LogP contribution in [0.15, 0.2) is 66.7 Å². The molecule has 2 amide bonds. The van der Waals surface area contributed by atoms with Crippen molar-refractivity contribution in [1.29, 1.82) is 0 Å². The molecule has 0 bridgehead atoms. The molecule has 142 valence electrons. The summed E-state index contributed by atoms with van der Waals surface area (Å²) in [6, 6.07) is 19.4. The van der Waals surface area contributed by atoms with E-state index in [-0.39, 0.29) is 18.2 Å². The normalized spacial score (nSPS) is 10.4. The van der Waals surface area contributed by atoms with Crippen LogP contribution < -0.4 is 10.6 Å². The Morgan fingerprint density at radius 3 is 2.18 bits per heavy atom. The number of hydrogen-bond donors (Lipinski definition) is 2. The van der Waals surface area contributed by atoms with Crippen LogP contribution in [0.1, 0.15) is 21.5 Å². The fourth-order valence-corrected chi connectivity index (χ4v) is 3.04. The Balaban J connectivity index is 1.71. The second-order valence-electron chi connectivity index (χ2n) is 6.27. The minimum absolute atomic E-state index is 0.164. The Labute approximate surface area is 173 Å². The van der Waals surface area contributed by atoms with Gasteiger partial charge in [-0.05, 0) is 54.4 Å². The van der Waals surface area contributed by atoms with Gasteiger partial charge in [0, 0.05) is 16.9 Å². The van der Waals surface area contributed by atoms with E-state index in [1.165, 1.54) is 0 Å². The summed E-state index contributed by atoms with van der Waals surface area (Å²) in [5, 5.41) is 6.62. The average Bonchev–Trinajstić information content (AvgIpc) is 2.68. The van der Waals surface area contributed by atoms with Gasteiger partial charge in [-0.15, -0.1) is 0 Å². The molecule has 0 spiro atoms. The number of anilines is 2. The zero-order chi connectivity index (χ0) is 20.1. The topological polar surface area (TPSA) is 58.2 Å². The molecule has 0 heterocycles. The summed E-state index contributed by atoms with van der Waals surface area (Å²) in [6.45, 7) is 1.84. The van der Waals surface area contributed by atoms with E-state index in [1.54, 1.807) is 60.7 Å². The maximum atomic E-state index is 12.4. The van der Waals surface area contributed by atoms with E-state index < -0.39 is 0 Å². The number of carbonyl (C=O) groups is 2. The van der Waals surface area contributed by atoms with Gasteiger partial charge in [0.25, 0.3) is 5.91 Å². The van der Waals surface area contributed by atoms with E-state index in [0.29, 0.717) is 27.0 Å². The number of rotatable bonds is 5. The Morgan fingerprint density at radius 2 is 1.50 bits per heavy atom. The van der Waals surface area contributed by atoms with Crippen molar-refractivity contribution in [2.45, 2.75) is 13.3 Å². The van der Waals surface area contributed by atoms with E-state index in [0.717, 1.165) is 11.1 Å². The molecule has 0 unspecified atom stereocenters. The molecule has 3 rings (SSSR count). The lowest BCUT2D eigenvalue weighted by atomic mass is 10.1. The standard InChI is InChI=1S/C22H18Cl2N2O2/c1-14-19(25-21(27)13-15-10-11-17(23)18(24)12-15)8-5-9-20(14)26-22(28)16-6-3-2-4-7-16/h2-12H,13H2,1H3,(H,25,27)(H,26,28). The molecular formula is C22H18Cl2N2O2. The van der Waals surface area contributed by atoms with Gasteiger partial charge >= 0.3 is 0 Å². The highest BCUT2D eigenvalue weighted by atomic mass is 35.5. The van der Waals surface area contributed by atoms with Gasteiger partial charge in [0.1, 0.15) is 0 Å². The van der Waals surface area contributed by atoms with Gasteiger partial charge in [-0.1, -0.05) is 53.5 Å². The van der Waals surface area contributed by atoms with E-state index in [1.807, 2.05) is 13.0 Å². The minimum atomic E-state index is -0.206. The number of halogens is 2. The molecule has 2 N–H and O–H groups in total. The molecule has 0 aliphatic carbocycles. The zero-order valence-electron chi connectivity index (χ0n) is 15.1. The third-order valence-corrected chi connectivity index (χ3v) is 4.98. The quantitative estimate of drug-likeness (QED) is 0.561. The molecule has 6 heteroatoms. The first-order valence-corrected chi connectivity index (χ1v) is 9.39. The Kier molecular flexibility index (Phi) is 6.34. The van der Waals surface area contributed by atoms with Crippen LogP contribution in [0.5, 0.6) is 0 Å². The Bertz CT molecular complexity index is 1020. The van der Waals surface area contributed by atoms with Gasteiger partial charge in [0.05, 0.1) is 16.5 Å². The first-order valence-electron chi connectivity index (χ1n) is 8.64. The van der Waals surface area contributed by atoms with Gasteiger partial charge < -0.3 is 10.6 Å². The largest absolute Gasteiger partial charge is 0.325 e. The third-order valence-electron chi connectivity index (χ3n) is 4.24. The lowest BCUT2D eigenvalue weighted by Gasteiger charge is -2.14. The van der Waals surface area contributed by atoms with Crippen molar-refractivity contribution < 1.29 is 9.59 Å². The number of nitrogens with one attached hydrogen (secondary N) is 2. The molecule has 4 nitrogen and oxygen atoms in total. The van der Waals surface area contributed by atoms with Crippen LogP contribution >= 0.6 is 23.2 Å². The van der Waals surface area contributed by atoms with E-state index in [4.69, 9.17) is 23.2 Å². The van der Waals surface area contributed by atoms with Gasteiger partial charge in [-0.2, -0.15) is 0 Å². The SMILES string of the molecule is Cc1c(NC(=O)Cc2ccc(Cl)c(Cl)c2)cccc1NC(=O)c1ccccc1. The summed E-state index contributed by atoms with van der Waals surface area (Å²) in [7, 11) is 0. The highest BCUT2D eigenvalue weighted by molar-refractivity contribution is 6.42. The number of carbonyl (C=O) groups excluding carboxylic acids is 2. The molecule has 0 saturated carbocycles. The molecule has 0 aromatic heterocycles. The summed E-state index contributed by atoms with van der Waals surface area (Å²) >= 11 is 11.9. The van der Waals surface area contributed by atoms with Crippen molar-refractivity contribution >= 4 is 46.4 Å². The maximum absolute atomic E-state index is 12.4. The van der Waals surface area contributed by atoms with Crippen LogP contribution in [0.4, 0.5) is 11.4 Å². The van der Waals surface area contributed by atoms with Crippen molar-refractivity contribution in [1.82, 2.24) is 0 Å². The predicted molar refractivity (Wildman–Crippen MR) is 114 cm³/mol. The van der Waals surface area contributed by atoms with Crippen molar-refractivity contribution in [3.8, 4) is 0 Å². The molecular weight excluding hydrogens is 395 g/mol. The van der Waals surface area contributed by atoms with E-state index in [2.05, 4.69) is 10.6 Å². The Hall–Kier alpha value is -2.82. The van der Waals surface area contributed by atoms with Crippen LogP contribution in [-0.2, 0) is 11.2 Å². The van der Waals surface area contributed by atoms with E-state index in [9.17, 15) is 9.59 Å². The molecule has 0 aliphatic rings. The fourth-order valence-electron chi connectivity index (χ4n) is 2.72. The molecule has 0 atom stereocenters. The number of benzene rings is 3. The highest BCUT2D eigenvalue weighted by Gasteiger charge is 2.12. The van der Waals surface area contributed by atoms with Crippen molar-refractivity contribution in [3.63, 3.8) is 0 Å². The van der Waals surface area contributed by atoms with Crippen LogP contribution in [-0.4, -0.2) is 11.8 Å². The van der Waals surface area contributed by atoms with Crippen molar-refractivity contribution in [2.24, 2.45) is 0 Å². The Morgan fingerprint density at radius 1 is 0.821 bits per heavy atom. The van der Waals surface area contributed by atoms with Crippen LogP contribution in [0.2, 0.25) is 10.0 Å². The molecule has 3 aromatic carbocycles. The van der Waals surface area contributed by atoms with Gasteiger partial charge in [-0.25, -0.2) is 0 Å². The summed E-state index contributed by atoms with van der Waals surface area (Å²) in [5.41, 5.74) is 3.38. The molecule has 0 aliphatic heterocycles. The molecule has 28 heavy (non-hydrogen) atoms. The number of hydrogen-bond acceptors (Lipinski definition) is 2. The fraction of sp³-hybridized carbons (Fsp3) is 0.0909. The lowest BCUT2D eigenvalue weighted by Crippen LogP contribution is -2.17. The molecule has 0 radical (unpaired) electrons. The minimum Gasteiger partial charge on any atom is -0.325 e. The third kappa shape index (κ3) is 4.91.